The molecule has 0 aliphatic carbocycles. The van der Waals surface area contributed by atoms with Gasteiger partial charge in [0.05, 0.1) is 17.9 Å². The number of carbonyl (C=O) groups is 1. The third kappa shape index (κ3) is 3.61. The lowest BCUT2D eigenvalue weighted by Crippen LogP contribution is -2.22. The number of hydrogen-bond donors (Lipinski definition) is 1. The molecule has 0 aliphatic heterocycles. The van der Waals surface area contributed by atoms with Crippen LogP contribution in [0.5, 0.6) is 0 Å². The van der Waals surface area contributed by atoms with Crippen LogP contribution in [0.1, 0.15) is 12.1 Å². The summed E-state index contributed by atoms with van der Waals surface area (Å²) in [4.78, 5) is 20.0. The second-order valence-corrected chi connectivity index (χ2v) is 5.23. The van der Waals surface area contributed by atoms with Crippen molar-refractivity contribution in [2.75, 3.05) is 5.33 Å². The summed E-state index contributed by atoms with van der Waals surface area (Å²) in [5.41, 5.74) is 1.73. The number of nitrogens with zero attached hydrogens (tertiary/aromatic N) is 2. The van der Waals surface area contributed by atoms with E-state index in [1.165, 1.54) is 11.3 Å². The quantitative estimate of drug-likeness (QED) is 0.860. The van der Waals surface area contributed by atoms with Gasteiger partial charge in [0.15, 0.2) is 0 Å². The minimum atomic E-state index is 0.0271. The third-order valence-corrected chi connectivity index (χ3v) is 3.53. The van der Waals surface area contributed by atoms with Crippen LogP contribution in [0.25, 0.3) is 10.7 Å². The Kier molecular flexibility index (Phi) is 4.83. The van der Waals surface area contributed by atoms with Crippen LogP contribution in [0, 0.1) is 0 Å². The molecule has 0 spiro atoms. The molecule has 0 aliphatic rings. The molecule has 0 bridgehead atoms. The van der Waals surface area contributed by atoms with Crippen molar-refractivity contribution < 1.29 is 4.79 Å². The van der Waals surface area contributed by atoms with Crippen molar-refractivity contribution in [2.45, 2.75) is 13.0 Å². The molecule has 18 heavy (non-hydrogen) atoms. The zero-order valence-corrected chi connectivity index (χ0v) is 12.0. The topological polar surface area (TPSA) is 54.9 Å². The second kappa shape index (κ2) is 6.61. The first kappa shape index (κ1) is 13.2. The molecule has 2 aromatic rings. The summed E-state index contributed by atoms with van der Waals surface area (Å²) in [5, 5.41) is 6.31. The van der Waals surface area contributed by atoms with Crippen LogP contribution in [0.2, 0.25) is 0 Å². The summed E-state index contributed by atoms with van der Waals surface area (Å²) in [5.74, 6) is 0.0271. The van der Waals surface area contributed by atoms with E-state index in [0.29, 0.717) is 18.3 Å². The molecule has 2 aromatic heterocycles. The van der Waals surface area contributed by atoms with Crippen molar-refractivity contribution in [3.63, 3.8) is 0 Å². The Morgan fingerprint density at radius 2 is 2.33 bits per heavy atom. The average Bonchev–Trinajstić information content (AvgIpc) is 2.87. The third-order valence-electron chi connectivity index (χ3n) is 2.22. The molecule has 6 heteroatoms. The van der Waals surface area contributed by atoms with Crippen molar-refractivity contribution >= 4 is 33.2 Å². The predicted molar refractivity (Wildman–Crippen MR) is 75.6 cm³/mol. The van der Waals surface area contributed by atoms with Crippen molar-refractivity contribution in [3.05, 3.63) is 35.5 Å². The van der Waals surface area contributed by atoms with E-state index in [2.05, 4.69) is 31.2 Å². The van der Waals surface area contributed by atoms with E-state index in [-0.39, 0.29) is 5.91 Å². The van der Waals surface area contributed by atoms with E-state index >= 15 is 0 Å². The van der Waals surface area contributed by atoms with Gasteiger partial charge < -0.3 is 5.32 Å². The number of hydrogen-bond acceptors (Lipinski definition) is 4. The molecule has 2 rings (SSSR count). The van der Waals surface area contributed by atoms with Crippen LogP contribution in [-0.2, 0) is 11.3 Å². The van der Waals surface area contributed by atoms with E-state index in [9.17, 15) is 4.79 Å². The highest BCUT2D eigenvalue weighted by Gasteiger charge is 2.06. The van der Waals surface area contributed by atoms with Gasteiger partial charge in [-0.25, -0.2) is 4.98 Å². The van der Waals surface area contributed by atoms with Gasteiger partial charge in [0.1, 0.15) is 5.01 Å². The number of carbonyl (C=O) groups excluding carboxylic acids is 1. The predicted octanol–water partition coefficient (Wildman–Crippen LogP) is 2.61. The number of alkyl halides is 1. The number of amides is 1. The molecule has 0 saturated carbocycles. The summed E-state index contributed by atoms with van der Waals surface area (Å²) in [6.07, 6.45) is 2.23. The molecule has 0 saturated heterocycles. The van der Waals surface area contributed by atoms with E-state index in [1.807, 2.05) is 23.6 Å². The number of rotatable bonds is 5. The molecule has 0 radical (unpaired) electrons. The van der Waals surface area contributed by atoms with Crippen LogP contribution in [0.4, 0.5) is 0 Å². The van der Waals surface area contributed by atoms with Gasteiger partial charge in [-0.3, -0.25) is 9.78 Å². The largest absolute Gasteiger partial charge is 0.350 e. The second-order valence-electron chi connectivity index (χ2n) is 3.57. The zero-order chi connectivity index (χ0) is 12.8. The Labute approximate surface area is 118 Å². The lowest BCUT2D eigenvalue weighted by Gasteiger charge is -2.00. The number of halogens is 1. The van der Waals surface area contributed by atoms with Gasteiger partial charge in [0, 0.05) is 23.3 Å². The molecular weight excluding hydrogens is 314 g/mol. The highest BCUT2D eigenvalue weighted by Crippen LogP contribution is 2.21. The van der Waals surface area contributed by atoms with Gasteiger partial charge >= 0.3 is 0 Å². The summed E-state index contributed by atoms with van der Waals surface area (Å²) in [6.45, 7) is 0.467. The van der Waals surface area contributed by atoms with Gasteiger partial charge in [0.2, 0.25) is 5.91 Å². The molecule has 2 heterocycles. The first-order valence-corrected chi connectivity index (χ1v) is 7.48. The molecular formula is C12H12BrN3OS. The fraction of sp³-hybridized carbons (Fsp3) is 0.250. The summed E-state index contributed by atoms with van der Waals surface area (Å²) < 4.78 is 0. The first-order valence-electron chi connectivity index (χ1n) is 5.48. The molecule has 0 unspecified atom stereocenters. The highest BCUT2D eigenvalue weighted by atomic mass is 79.9. The number of nitrogens with one attached hydrogen (secondary N) is 1. The molecule has 94 valence electrons. The van der Waals surface area contributed by atoms with Gasteiger partial charge in [-0.05, 0) is 12.1 Å². The van der Waals surface area contributed by atoms with Crippen LogP contribution in [-0.4, -0.2) is 21.2 Å². The standard InChI is InChI=1S/C12H12BrN3OS/c13-5-4-11(17)15-7-9-8-18-12(16-9)10-3-1-2-6-14-10/h1-3,6,8H,4-5,7H2,(H,15,17). The van der Waals surface area contributed by atoms with E-state index in [4.69, 9.17) is 0 Å². The Hall–Kier alpha value is -1.27. The zero-order valence-electron chi connectivity index (χ0n) is 9.60. The Morgan fingerprint density at radius 3 is 3.06 bits per heavy atom. The Bertz CT molecular complexity index is 515. The maximum Gasteiger partial charge on any atom is 0.221 e. The van der Waals surface area contributed by atoms with Gasteiger partial charge in [-0.1, -0.05) is 22.0 Å². The number of pyridine rings is 1. The van der Waals surface area contributed by atoms with Gasteiger partial charge in [-0.15, -0.1) is 11.3 Å². The molecule has 1 amide bonds. The van der Waals surface area contributed by atoms with Crippen molar-refractivity contribution in [3.8, 4) is 10.7 Å². The SMILES string of the molecule is O=C(CCBr)NCc1csc(-c2ccccn2)n1. The van der Waals surface area contributed by atoms with Crippen molar-refractivity contribution in [2.24, 2.45) is 0 Å². The van der Waals surface area contributed by atoms with E-state index in [1.54, 1.807) is 6.20 Å². The minimum absolute atomic E-state index is 0.0271. The minimum Gasteiger partial charge on any atom is -0.350 e. The highest BCUT2D eigenvalue weighted by molar-refractivity contribution is 9.09. The van der Waals surface area contributed by atoms with E-state index < -0.39 is 0 Å². The molecule has 0 atom stereocenters. The Morgan fingerprint density at radius 1 is 1.44 bits per heavy atom. The van der Waals surface area contributed by atoms with Crippen LogP contribution in [0.3, 0.4) is 0 Å². The average molecular weight is 326 g/mol. The molecule has 0 aromatic carbocycles. The maximum atomic E-state index is 11.3. The lowest BCUT2D eigenvalue weighted by atomic mass is 10.3. The van der Waals surface area contributed by atoms with Crippen molar-refractivity contribution in [1.29, 1.82) is 0 Å². The normalized spacial score (nSPS) is 10.3. The maximum absolute atomic E-state index is 11.3. The fourth-order valence-electron chi connectivity index (χ4n) is 1.36. The lowest BCUT2D eigenvalue weighted by molar-refractivity contribution is -0.120. The fourth-order valence-corrected chi connectivity index (χ4v) is 2.51. The van der Waals surface area contributed by atoms with Gasteiger partial charge in [0.25, 0.3) is 0 Å². The number of aromatic nitrogens is 2. The molecule has 4 nitrogen and oxygen atoms in total. The van der Waals surface area contributed by atoms with E-state index in [0.717, 1.165) is 16.4 Å². The van der Waals surface area contributed by atoms with Crippen LogP contribution in [0.15, 0.2) is 29.8 Å². The Balaban J connectivity index is 1.97. The molecule has 0 fully saturated rings. The number of thiazole rings is 1. The van der Waals surface area contributed by atoms with Crippen molar-refractivity contribution in [1.82, 2.24) is 15.3 Å². The van der Waals surface area contributed by atoms with Gasteiger partial charge in [-0.2, -0.15) is 0 Å². The van der Waals surface area contributed by atoms with Crippen LogP contribution < -0.4 is 5.32 Å². The summed E-state index contributed by atoms with van der Waals surface area (Å²) >= 11 is 4.76. The first-order chi connectivity index (χ1) is 8.79. The summed E-state index contributed by atoms with van der Waals surface area (Å²) in [7, 11) is 0. The smallest absolute Gasteiger partial charge is 0.221 e. The van der Waals surface area contributed by atoms with Crippen LogP contribution >= 0.6 is 27.3 Å². The summed E-state index contributed by atoms with van der Waals surface area (Å²) in [6, 6.07) is 5.73. The monoisotopic (exact) mass is 325 g/mol. The molecule has 1 N–H and O–H groups in total.